The molecule has 2 aromatic heterocycles. The number of carbonyl (C=O) groups excluding carboxylic acids is 1. The summed E-state index contributed by atoms with van der Waals surface area (Å²) in [5, 5.41) is 14.1. The van der Waals surface area contributed by atoms with Crippen molar-refractivity contribution < 1.29 is 4.79 Å². The Balaban J connectivity index is 1.73. The average molecular weight is 421 g/mol. The number of aryl methyl sites for hydroxylation is 1. The summed E-state index contributed by atoms with van der Waals surface area (Å²) in [6.45, 7) is 4.23. The molecular weight excluding hydrogens is 404 g/mol. The molecule has 3 aromatic rings. The highest BCUT2D eigenvalue weighted by Gasteiger charge is 2.12. The standard InChI is InChI=1S/C16H17BrN6OS/c1-9-14(17)10(2)23(21-9)12-6-4-11(5-7-12)15(24)18-8-13-19-20-16(25)22(13)3/h4-7H,8H2,1-3H3,(H,18,24)(H,20,25). The van der Waals surface area contributed by atoms with Crippen LogP contribution in [-0.2, 0) is 13.6 Å². The van der Waals surface area contributed by atoms with Crippen LogP contribution in [0.4, 0.5) is 0 Å². The quantitative estimate of drug-likeness (QED) is 0.635. The molecule has 0 fully saturated rings. The van der Waals surface area contributed by atoms with Crippen molar-refractivity contribution in [1.29, 1.82) is 0 Å². The number of nitrogens with zero attached hydrogens (tertiary/aromatic N) is 4. The minimum absolute atomic E-state index is 0.171. The molecule has 1 aromatic carbocycles. The number of aromatic nitrogens is 5. The lowest BCUT2D eigenvalue weighted by Gasteiger charge is -2.07. The fraction of sp³-hybridized carbons (Fsp3) is 0.250. The second-order valence-electron chi connectivity index (χ2n) is 5.63. The van der Waals surface area contributed by atoms with E-state index in [4.69, 9.17) is 12.2 Å². The van der Waals surface area contributed by atoms with Crippen molar-refractivity contribution in [2.75, 3.05) is 0 Å². The van der Waals surface area contributed by atoms with E-state index < -0.39 is 0 Å². The zero-order valence-electron chi connectivity index (χ0n) is 14.0. The van der Waals surface area contributed by atoms with Crippen molar-refractivity contribution in [1.82, 2.24) is 29.9 Å². The van der Waals surface area contributed by atoms with Gasteiger partial charge in [-0.15, -0.1) is 0 Å². The van der Waals surface area contributed by atoms with Crippen LogP contribution in [0.1, 0.15) is 27.6 Å². The van der Waals surface area contributed by atoms with E-state index >= 15 is 0 Å². The maximum atomic E-state index is 12.3. The number of hydrogen-bond acceptors (Lipinski definition) is 4. The zero-order valence-corrected chi connectivity index (χ0v) is 16.4. The van der Waals surface area contributed by atoms with E-state index in [-0.39, 0.29) is 5.91 Å². The van der Waals surface area contributed by atoms with E-state index in [1.165, 1.54) is 0 Å². The van der Waals surface area contributed by atoms with Gasteiger partial charge >= 0.3 is 0 Å². The number of amides is 1. The lowest BCUT2D eigenvalue weighted by Crippen LogP contribution is -2.24. The minimum Gasteiger partial charge on any atom is -0.345 e. The van der Waals surface area contributed by atoms with Crippen molar-refractivity contribution in [3.05, 3.63) is 56.3 Å². The van der Waals surface area contributed by atoms with Gasteiger partial charge in [-0.25, -0.2) is 4.68 Å². The summed E-state index contributed by atoms with van der Waals surface area (Å²) in [6, 6.07) is 7.30. The molecule has 2 N–H and O–H groups in total. The Hall–Kier alpha value is -2.26. The van der Waals surface area contributed by atoms with Crippen molar-refractivity contribution >= 4 is 34.1 Å². The molecule has 9 heteroatoms. The van der Waals surface area contributed by atoms with Crippen LogP contribution >= 0.6 is 28.1 Å². The maximum absolute atomic E-state index is 12.3. The number of hydrogen-bond donors (Lipinski definition) is 2. The van der Waals surface area contributed by atoms with Crippen LogP contribution in [0.25, 0.3) is 5.69 Å². The third-order valence-corrected chi connectivity index (χ3v) is 5.47. The minimum atomic E-state index is -0.171. The Kier molecular flexibility index (Phi) is 4.87. The van der Waals surface area contributed by atoms with Gasteiger partial charge in [0.1, 0.15) is 0 Å². The van der Waals surface area contributed by atoms with Crippen molar-refractivity contribution in [2.45, 2.75) is 20.4 Å². The van der Waals surface area contributed by atoms with Gasteiger partial charge in [-0.2, -0.15) is 10.2 Å². The molecule has 3 rings (SSSR count). The van der Waals surface area contributed by atoms with Gasteiger partial charge in [0.15, 0.2) is 10.6 Å². The molecule has 0 saturated carbocycles. The molecule has 0 saturated heterocycles. The highest BCUT2D eigenvalue weighted by Crippen LogP contribution is 2.23. The van der Waals surface area contributed by atoms with Crippen LogP contribution in [-0.4, -0.2) is 30.5 Å². The fourth-order valence-corrected chi connectivity index (χ4v) is 2.83. The Bertz CT molecular complexity index is 985. The van der Waals surface area contributed by atoms with Gasteiger partial charge in [0, 0.05) is 12.6 Å². The van der Waals surface area contributed by atoms with Crippen LogP contribution in [0.15, 0.2) is 28.7 Å². The molecule has 0 radical (unpaired) electrons. The van der Waals surface area contributed by atoms with E-state index in [1.54, 1.807) is 23.7 Å². The molecule has 0 atom stereocenters. The van der Waals surface area contributed by atoms with Gasteiger partial charge in [0.25, 0.3) is 5.91 Å². The predicted molar refractivity (Wildman–Crippen MR) is 100 cm³/mol. The molecule has 25 heavy (non-hydrogen) atoms. The molecule has 0 aliphatic rings. The first-order valence-corrected chi connectivity index (χ1v) is 8.79. The number of H-pyrrole nitrogens is 1. The SMILES string of the molecule is Cc1nn(-c2ccc(C(=O)NCc3n[nH]c(=S)n3C)cc2)c(C)c1Br. The molecule has 0 spiro atoms. The summed E-state index contributed by atoms with van der Waals surface area (Å²) < 4.78 is 5.07. The second-order valence-corrected chi connectivity index (χ2v) is 6.81. The molecular formula is C16H17BrN6OS. The number of aromatic amines is 1. The number of nitrogens with one attached hydrogen (secondary N) is 2. The van der Waals surface area contributed by atoms with Gasteiger partial charge < -0.3 is 9.88 Å². The largest absolute Gasteiger partial charge is 0.345 e. The average Bonchev–Trinajstić information content (AvgIpc) is 3.07. The number of halogens is 1. The first-order chi connectivity index (χ1) is 11.9. The summed E-state index contributed by atoms with van der Waals surface area (Å²) in [5.41, 5.74) is 3.41. The number of carbonyl (C=O) groups is 1. The zero-order chi connectivity index (χ0) is 18.1. The topological polar surface area (TPSA) is 80.5 Å². The first kappa shape index (κ1) is 17.6. The molecule has 0 bridgehead atoms. The third-order valence-electron chi connectivity index (χ3n) is 3.96. The Morgan fingerprint density at radius 3 is 2.52 bits per heavy atom. The molecule has 130 valence electrons. The van der Waals surface area contributed by atoms with Crippen molar-refractivity contribution in [3.8, 4) is 5.69 Å². The van der Waals surface area contributed by atoms with Gasteiger partial charge in [-0.3, -0.25) is 9.89 Å². The summed E-state index contributed by atoms with van der Waals surface area (Å²) in [6.07, 6.45) is 0. The molecule has 2 heterocycles. The number of rotatable bonds is 4. The summed E-state index contributed by atoms with van der Waals surface area (Å²) in [5.74, 6) is 0.498. The highest BCUT2D eigenvalue weighted by molar-refractivity contribution is 9.10. The summed E-state index contributed by atoms with van der Waals surface area (Å²) in [4.78, 5) is 12.3. The summed E-state index contributed by atoms with van der Waals surface area (Å²) >= 11 is 8.57. The van der Waals surface area contributed by atoms with Crippen molar-refractivity contribution in [2.24, 2.45) is 7.05 Å². The van der Waals surface area contributed by atoms with E-state index in [2.05, 4.69) is 36.5 Å². The van der Waals surface area contributed by atoms with Crippen LogP contribution in [0.5, 0.6) is 0 Å². The molecule has 0 unspecified atom stereocenters. The van der Waals surface area contributed by atoms with Gasteiger partial charge in [0.05, 0.1) is 28.1 Å². The number of benzene rings is 1. The van der Waals surface area contributed by atoms with Crippen molar-refractivity contribution in [3.63, 3.8) is 0 Å². The van der Waals surface area contributed by atoms with Gasteiger partial charge in [-0.05, 0) is 66.3 Å². The normalized spacial score (nSPS) is 10.9. The smallest absolute Gasteiger partial charge is 0.251 e. The Morgan fingerprint density at radius 1 is 1.32 bits per heavy atom. The lowest BCUT2D eigenvalue weighted by atomic mass is 10.2. The Labute approximate surface area is 158 Å². The second kappa shape index (κ2) is 6.93. The van der Waals surface area contributed by atoms with Crippen LogP contribution in [0.2, 0.25) is 0 Å². The third kappa shape index (κ3) is 3.42. The molecule has 0 aliphatic heterocycles. The maximum Gasteiger partial charge on any atom is 0.251 e. The highest BCUT2D eigenvalue weighted by atomic mass is 79.9. The van der Waals surface area contributed by atoms with Gasteiger partial charge in [-0.1, -0.05) is 0 Å². The monoisotopic (exact) mass is 420 g/mol. The lowest BCUT2D eigenvalue weighted by molar-refractivity contribution is 0.0949. The molecule has 1 amide bonds. The van der Waals surface area contributed by atoms with E-state index in [0.717, 1.165) is 21.5 Å². The molecule has 0 aliphatic carbocycles. The van der Waals surface area contributed by atoms with Crippen LogP contribution in [0, 0.1) is 18.6 Å². The van der Waals surface area contributed by atoms with Crippen LogP contribution in [0.3, 0.4) is 0 Å². The van der Waals surface area contributed by atoms with E-state index in [1.807, 2.05) is 30.7 Å². The Morgan fingerprint density at radius 2 is 2.00 bits per heavy atom. The summed E-state index contributed by atoms with van der Waals surface area (Å²) in [7, 11) is 1.80. The molecule has 7 nitrogen and oxygen atoms in total. The predicted octanol–water partition coefficient (Wildman–Crippen LogP) is 2.97. The van der Waals surface area contributed by atoms with Gasteiger partial charge in [0.2, 0.25) is 0 Å². The van der Waals surface area contributed by atoms with Crippen LogP contribution < -0.4 is 5.32 Å². The fourth-order valence-electron chi connectivity index (χ4n) is 2.43. The van der Waals surface area contributed by atoms with E-state index in [9.17, 15) is 4.79 Å². The first-order valence-electron chi connectivity index (χ1n) is 7.59. The van der Waals surface area contributed by atoms with E-state index in [0.29, 0.717) is 22.7 Å².